The zero-order valence-electron chi connectivity index (χ0n) is 12.4. The lowest BCUT2D eigenvalue weighted by molar-refractivity contribution is -0.127. The molecule has 2 aliphatic rings. The smallest absolute Gasteiger partial charge is 0.246 e. The Morgan fingerprint density at radius 1 is 1.29 bits per heavy atom. The van der Waals surface area contributed by atoms with Crippen molar-refractivity contribution in [3.63, 3.8) is 0 Å². The number of fused-ring (bicyclic) bond motifs is 1. The van der Waals surface area contributed by atoms with Gasteiger partial charge in [-0.15, -0.1) is 0 Å². The molecule has 1 aromatic carbocycles. The van der Waals surface area contributed by atoms with Crippen LogP contribution in [0.5, 0.6) is 0 Å². The Morgan fingerprint density at radius 3 is 2.76 bits per heavy atom. The Morgan fingerprint density at radius 2 is 2.05 bits per heavy atom. The van der Waals surface area contributed by atoms with Crippen molar-refractivity contribution in [1.82, 2.24) is 4.90 Å². The van der Waals surface area contributed by atoms with Gasteiger partial charge in [0.15, 0.2) is 0 Å². The Hall–Kier alpha value is -1.28. The van der Waals surface area contributed by atoms with Gasteiger partial charge in [0, 0.05) is 24.0 Å². The minimum absolute atomic E-state index is 0.0291. The van der Waals surface area contributed by atoms with Crippen molar-refractivity contribution in [2.24, 2.45) is 5.92 Å². The number of carbonyl (C=O) groups excluding carboxylic acids is 1. The molecule has 1 saturated carbocycles. The molecule has 2 nitrogen and oxygen atoms in total. The fourth-order valence-corrected chi connectivity index (χ4v) is 4.11. The topological polar surface area (TPSA) is 20.3 Å². The van der Waals surface area contributed by atoms with Gasteiger partial charge < -0.3 is 4.90 Å². The summed E-state index contributed by atoms with van der Waals surface area (Å²) in [6, 6.07) is 6.18. The third kappa shape index (κ3) is 3.01. The van der Waals surface area contributed by atoms with Crippen molar-refractivity contribution in [2.75, 3.05) is 6.54 Å². The van der Waals surface area contributed by atoms with Gasteiger partial charge in [-0.25, -0.2) is 0 Å². The maximum absolute atomic E-state index is 12.1. The third-order valence-corrected chi connectivity index (χ3v) is 5.22. The van der Waals surface area contributed by atoms with Crippen molar-refractivity contribution >= 4 is 17.5 Å². The molecule has 0 radical (unpaired) electrons. The summed E-state index contributed by atoms with van der Waals surface area (Å²) in [5, 5.41) is 0.754. The molecule has 1 aliphatic heterocycles. The van der Waals surface area contributed by atoms with Crippen LogP contribution in [-0.2, 0) is 11.3 Å². The van der Waals surface area contributed by atoms with Gasteiger partial charge in [0.05, 0.1) is 0 Å². The molecule has 1 fully saturated rings. The summed E-state index contributed by atoms with van der Waals surface area (Å²) in [6.45, 7) is 5.11. The van der Waals surface area contributed by atoms with Crippen LogP contribution in [0.3, 0.4) is 0 Å². The van der Waals surface area contributed by atoms with Crippen LogP contribution >= 0.6 is 11.6 Å². The fraction of sp³-hybridized carbons (Fsp3) is 0.500. The average molecular weight is 304 g/mol. The fourth-order valence-electron chi connectivity index (χ4n) is 3.92. The summed E-state index contributed by atoms with van der Waals surface area (Å²) in [7, 11) is 0. The average Bonchev–Trinajstić information content (AvgIpc) is 2.53. The zero-order valence-corrected chi connectivity index (χ0v) is 13.1. The molecular formula is C18H22ClNO. The first-order valence-electron chi connectivity index (χ1n) is 7.88. The van der Waals surface area contributed by atoms with Gasteiger partial charge in [0.25, 0.3) is 0 Å². The molecule has 0 unspecified atom stereocenters. The van der Waals surface area contributed by atoms with Gasteiger partial charge >= 0.3 is 0 Å². The highest BCUT2D eigenvalue weighted by Crippen LogP contribution is 2.41. The van der Waals surface area contributed by atoms with E-state index in [1.54, 1.807) is 0 Å². The zero-order chi connectivity index (χ0) is 14.8. The Labute approximate surface area is 131 Å². The SMILES string of the molecule is C=CC(=O)N1Cc2cc(Cl)ccc2[C@H](C2CCCCC2)C1. The second-order valence-electron chi connectivity index (χ2n) is 6.27. The van der Waals surface area contributed by atoms with Gasteiger partial charge in [-0.3, -0.25) is 4.79 Å². The summed E-state index contributed by atoms with van der Waals surface area (Å²) in [6.07, 6.45) is 7.98. The molecular weight excluding hydrogens is 282 g/mol. The molecule has 1 atom stereocenters. The van der Waals surface area contributed by atoms with E-state index in [1.165, 1.54) is 49.3 Å². The van der Waals surface area contributed by atoms with E-state index in [4.69, 9.17) is 11.6 Å². The van der Waals surface area contributed by atoms with E-state index in [0.29, 0.717) is 18.4 Å². The Balaban J connectivity index is 1.93. The Bertz CT molecular complexity index is 548. The summed E-state index contributed by atoms with van der Waals surface area (Å²) in [4.78, 5) is 14.0. The quantitative estimate of drug-likeness (QED) is 0.735. The van der Waals surface area contributed by atoms with Crippen LogP contribution in [0, 0.1) is 5.92 Å². The number of hydrogen-bond donors (Lipinski definition) is 0. The molecule has 0 saturated heterocycles. The molecule has 0 spiro atoms. The second kappa shape index (κ2) is 6.23. The van der Waals surface area contributed by atoms with Crippen LogP contribution in [0.15, 0.2) is 30.9 Å². The molecule has 0 N–H and O–H groups in total. The molecule has 0 aromatic heterocycles. The normalized spacial score (nSPS) is 22.7. The minimum Gasteiger partial charge on any atom is -0.334 e. The first-order chi connectivity index (χ1) is 10.2. The molecule has 1 aliphatic carbocycles. The molecule has 1 heterocycles. The van der Waals surface area contributed by atoms with Crippen LogP contribution in [0.2, 0.25) is 5.02 Å². The lowest BCUT2D eigenvalue weighted by Crippen LogP contribution is -2.40. The van der Waals surface area contributed by atoms with E-state index in [2.05, 4.69) is 12.6 Å². The number of hydrogen-bond acceptors (Lipinski definition) is 1. The van der Waals surface area contributed by atoms with Crippen LogP contribution in [0.4, 0.5) is 0 Å². The molecule has 3 heteroatoms. The predicted octanol–water partition coefficient (Wildman–Crippen LogP) is 4.53. The van der Waals surface area contributed by atoms with Crippen molar-refractivity contribution in [1.29, 1.82) is 0 Å². The first kappa shape index (κ1) is 14.6. The number of amides is 1. The van der Waals surface area contributed by atoms with Crippen molar-refractivity contribution < 1.29 is 4.79 Å². The van der Waals surface area contributed by atoms with Gasteiger partial charge in [-0.1, -0.05) is 43.5 Å². The molecule has 1 aromatic rings. The number of halogens is 1. The molecule has 21 heavy (non-hydrogen) atoms. The van der Waals surface area contributed by atoms with E-state index < -0.39 is 0 Å². The van der Waals surface area contributed by atoms with Crippen LogP contribution in [0.25, 0.3) is 0 Å². The van der Waals surface area contributed by atoms with Crippen molar-refractivity contribution in [2.45, 2.75) is 44.6 Å². The lowest BCUT2D eigenvalue weighted by Gasteiger charge is -2.39. The van der Waals surface area contributed by atoms with Crippen LogP contribution < -0.4 is 0 Å². The monoisotopic (exact) mass is 303 g/mol. The summed E-state index contributed by atoms with van der Waals surface area (Å²) in [5.74, 6) is 1.18. The van der Waals surface area contributed by atoms with Gasteiger partial charge in [-0.2, -0.15) is 0 Å². The lowest BCUT2D eigenvalue weighted by atomic mass is 9.74. The van der Waals surface area contributed by atoms with E-state index in [-0.39, 0.29) is 5.91 Å². The van der Waals surface area contributed by atoms with Gasteiger partial charge in [0.1, 0.15) is 0 Å². The summed E-state index contributed by atoms with van der Waals surface area (Å²) in [5.41, 5.74) is 2.61. The number of benzene rings is 1. The highest BCUT2D eigenvalue weighted by molar-refractivity contribution is 6.30. The molecule has 0 bridgehead atoms. The predicted molar refractivity (Wildman–Crippen MR) is 86.4 cm³/mol. The maximum Gasteiger partial charge on any atom is 0.246 e. The largest absolute Gasteiger partial charge is 0.334 e. The third-order valence-electron chi connectivity index (χ3n) is 4.99. The highest BCUT2D eigenvalue weighted by atomic mass is 35.5. The van der Waals surface area contributed by atoms with E-state index in [9.17, 15) is 4.79 Å². The van der Waals surface area contributed by atoms with Crippen molar-refractivity contribution in [3.05, 3.63) is 47.0 Å². The number of carbonyl (C=O) groups is 1. The van der Waals surface area contributed by atoms with Crippen LogP contribution in [-0.4, -0.2) is 17.4 Å². The Kier molecular flexibility index (Phi) is 4.34. The summed E-state index contributed by atoms with van der Waals surface area (Å²) < 4.78 is 0. The van der Waals surface area contributed by atoms with E-state index >= 15 is 0 Å². The number of nitrogens with zero attached hydrogens (tertiary/aromatic N) is 1. The minimum atomic E-state index is 0.0291. The van der Waals surface area contributed by atoms with E-state index in [0.717, 1.165) is 11.6 Å². The number of rotatable bonds is 2. The standard InChI is InChI=1S/C18H22ClNO/c1-2-18(21)20-11-14-10-15(19)8-9-16(14)17(12-20)13-6-4-3-5-7-13/h2,8-10,13,17H,1,3-7,11-12H2/t17-/m0/s1. The summed E-state index contributed by atoms with van der Waals surface area (Å²) >= 11 is 6.15. The van der Waals surface area contributed by atoms with Crippen LogP contribution in [0.1, 0.15) is 49.1 Å². The molecule has 112 valence electrons. The highest BCUT2D eigenvalue weighted by Gasteiger charge is 2.33. The first-order valence-corrected chi connectivity index (χ1v) is 8.26. The molecule has 1 amide bonds. The maximum atomic E-state index is 12.1. The second-order valence-corrected chi connectivity index (χ2v) is 6.71. The molecule has 3 rings (SSSR count). The van der Waals surface area contributed by atoms with Gasteiger partial charge in [0.2, 0.25) is 5.91 Å². The van der Waals surface area contributed by atoms with Gasteiger partial charge in [-0.05, 0) is 48.1 Å². The van der Waals surface area contributed by atoms with E-state index in [1.807, 2.05) is 17.0 Å². The van der Waals surface area contributed by atoms with Crippen molar-refractivity contribution in [3.8, 4) is 0 Å².